The highest BCUT2D eigenvalue weighted by atomic mass is 127. The van der Waals surface area contributed by atoms with Crippen molar-refractivity contribution in [1.29, 1.82) is 0 Å². The molecule has 0 spiro atoms. The molecule has 0 unspecified atom stereocenters. The first-order valence-electron chi connectivity index (χ1n) is 5.68. The van der Waals surface area contributed by atoms with Crippen molar-refractivity contribution in [1.82, 2.24) is 5.32 Å². The van der Waals surface area contributed by atoms with Crippen molar-refractivity contribution >= 4 is 57.1 Å². The van der Waals surface area contributed by atoms with E-state index >= 15 is 0 Å². The Kier molecular flexibility index (Phi) is 6.70. The SMILES string of the molecule is COC(=O)[C@H](Cc1cc(I)c(O)c(I)c1)NC(=O)C(F)(F)F. The second kappa shape index (κ2) is 7.66. The Morgan fingerprint density at radius 1 is 1.32 bits per heavy atom. The van der Waals surface area contributed by atoms with Gasteiger partial charge in [0, 0.05) is 6.42 Å². The molecule has 0 radical (unpaired) electrons. The molecule has 1 aromatic rings. The van der Waals surface area contributed by atoms with Gasteiger partial charge in [0.1, 0.15) is 11.8 Å². The van der Waals surface area contributed by atoms with Crippen LogP contribution in [-0.2, 0) is 20.7 Å². The number of phenolic OH excluding ortho intramolecular Hbond substituents is 1. The molecule has 0 aliphatic rings. The predicted molar refractivity (Wildman–Crippen MR) is 87.2 cm³/mol. The zero-order chi connectivity index (χ0) is 17.1. The third kappa shape index (κ3) is 5.14. The maximum atomic E-state index is 12.3. The molecule has 0 aliphatic carbocycles. The number of rotatable bonds is 4. The van der Waals surface area contributed by atoms with Gasteiger partial charge < -0.3 is 15.2 Å². The molecule has 0 aliphatic heterocycles. The van der Waals surface area contributed by atoms with E-state index in [9.17, 15) is 27.9 Å². The number of amides is 1. The van der Waals surface area contributed by atoms with E-state index in [4.69, 9.17) is 0 Å². The first-order chi connectivity index (χ1) is 10.1. The molecule has 22 heavy (non-hydrogen) atoms. The van der Waals surface area contributed by atoms with Gasteiger partial charge in [-0.15, -0.1) is 0 Å². The second-order valence-corrected chi connectivity index (χ2v) is 6.48. The van der Waals surface area contributed by atoms with E-state index in [0.717, 1.165) is 7.11 Å². The topological polar surface area (TPSA) is 75.6 Å². The zero-order valence-electron chi connectivity index (χ0n) is 11.0. The summed E-state index contributed by atoms with van der Waals surface area (Å²) in [6, 6.07) is 1.54. The molecule has 1 amide bonds. The third-order valence-electron chi connectivity index (χ3n) is 2.56. The summed E-state index contributed by atoms with van der Waals surface area (Å²) in [7, 11) is 1.01. The van der Waals surface area contributed by atoms with E-state index in [1.165, 1.54) is 12.1 Å². The lowest BCUT2D eigenvalue weighted by atomic mass is 10.1. The Labute approximate surface area is 150 Å². The molecule has 0 saturated heterocycles. The molecular formula is C12H10F3I2NO4. The minimum absolute atomic E-state index is 0.0406. The smallest absolute Gasteiger partial charge is 0.471 e. The molecule has 0 bridgehead atoms. The van der Waals surface area contributed by atoms with Crippen LogP contribution in [0.3, 0.4) is 0 Å². The number of methoxy groups -OCH3 is 1. The van der Waals surface area contributed by atoms with Crippen molar-refractivity contribution in [3.63, 3.8) is 0 Å². The van der Waals surface area contributed by atoms with Gasteiger partial charge in [-0.25, -0.2) is 4.79 Å². The summed E-state index contributed by atoms with van der Waals surface area (Å²) < 4.78 is 42.3. The molecule has 0 aromatic heterocycles. The number of carbonyl (C=O) groups is 2. The number of halogens is 5. The molecule has 10 heteroatoms. The Morgan fingerprint density at radius 3 is 2.23 bits per heavy atom. The number of alkyl halides is 3. The zero-order valence-corrected chi connectivity index (χ0v) is 15.3. The largest absolute Gasteiger partial charge is 0.506 e. The summed E-state index contributed by atoms with van der Waals surface area (Å²) in [6.45, 7) is 0. The van der Waals surface area contributed by atoms with Crippen LogP contribution in [-0.4, -0.2) is 36.3 Å². The maximum Gasteiger partial charge on any atom is 0.471 e. The van der Waals surface area contributed by atoms with Gasteiger partial charge in [0.2, 0.25) is 0 Å². The fourth-order valence-corrected chi connectivity index (χ4v) is 3.44. The lowest BCUT2D eigenvalue weighted by Crippen LogP contribution is -2.48. The minimum atomic E-state index is -5.09. The Bertz CT molecular complexity index is 569. The number of esters is 1. The molecule has 1 aromatic carbocycles. The van der Waals surface area contributed by atoms with Gasteiger partial charge in [-0.2, -0.15) is 13.2 Å². The number of aromatic hydroxyl groups is 1. The van der Waals surface area contributed by atoms with Gasteiger partial charge in [0.15, 0.2) is 0 Å². The van der Waals surface area contributed by atoms with Gasteiger partial charge in [-0.05, 0) is 62.9 Å². The third-order valence-corrected chi connectivity index (χ3v) is 4.21. The normalized spacial score (nSPS) is 12.6. The lowest BCUT2D eigenvalue weighted by Gasteiger charge is -2.18. The van der Waals surface area contributed by atoms with E-state index in [-0.39, 0.29) is 12.2 Å². The molecule has 2 N–H and O–H groups in total. The summed E-state index contributed by atoms with van der Waals surface area (Å²) in [4.78, 5) is 22.5. The monoisotopic (exact) mass is 543 g/mol. The van der Waals surface area contributed by atoms with Gasteiger partial charge >= 0.3 is 18.1 Å². The quantitative estimate of drug-likeness (QED) is 0.452. The predicted octanol–water partition coefficient (Wildman–Crippen LogP) is 2.36. The highest BCUT2D eigenvalue weighted by Crippen LogP contribution is 2.28. The highest BCUT2D eigenvalue weighted by molar-refractivity contribution is 14.1. The van der Waals surface area contributed by atoms with Crippen molar-refractivity contribution < 1.29 is 32.6 Å². The fourth-order valence-electron chi connectivity index (χ4n) is 1.55. The van der Waals surface area contributed by atoms with Crippen molar-refractivity contribution in [3.05, 3.63) is 24.8 Å². The molecule has 1 atom stereocenters. The molecule has 122 valence electrons. The number of ether oxygens (including phenoxy) is 1. The van der Waals surface area contributed by atoms with Gasteiger partial charge in [0.05, 0.1) is 14.3 Å². The van der Waals surface area contributed by atoms with Gasteiger partial charge in [-0.3, -0.25) is 4.79 Å². The molecular weight excluding hydrogens is 533 g/mol. The van der Waals surface area contributed by atoms with E-state index < -0.39 is 24.1 Å². The van der Waals surface area contributed by atoms with Crippen LogP contribution in [0.25, 0.3) is 0 Å². The summed E-state index contributed by atoms with van der Waals surface area (Å²) in [5, 5.41) is 11.3. The fraction of sp³-hybridized carbons (Fsp3) is 0.333. The Hall–Kier alpha value is -0.790. The number of hydrogen-bond acceptors (Lipinski definition) is 4. The van der Waals surface area contributed by atoms with Gasteiger partial charge in [-0.1, -0.05) is 0 Å². The van der Waals surface area contributed by atoms with E-state index in [2.05, 4.69) is 4.74 Å². The van der Waals surface area contributed by atoms with Crippen molar-refractivity contribution in [2.75, 3.05) is 7.11 Å². The minimum Gasteiger partial charge on any atom is -0.506 e. The van der Waals surface area contributed by atoms with Crippen LogP contribution in [0.2, 0.25) is 0 Å². The molecule has 0 fully saturated rings. The summed E-state index contributed by atoms with van der Waals surface area (Å²) >= 11 is 3.70. The first-order valence-corrected chi connectivity index (χ1v) is 7.84. The maximum absolute atomic E-state index is 12.3. The van der Waals surface area contributed by atoms with Crippen LogP contribution in [0, 0.1) is 7.14 Å². The van der Waals surface area contributed by atoms with Crippen LogP contribution < -0.4 is 5.32 Å². The van der Waals surface area contributed by atoms with Crippen LogP contribution in [0.5, 0.6) is 5.75 Å². The van der Waals surface area contributed by atoms with E-state index in [1.807, 2.05) is 45.2 Å². The molecule has 0 heterocycles. The van der Waals surface area contributed by atoms with Gasteiger partial charge in [0.25, 0.3) is 0 Å². The van der Waals surface area contributed by atoms with Crippen molar-refractivity contribution in [2.45, 2.75) is 18.6 Å². The summed E-state index contributed by atoms with van der Waals surface area (Å²) in [6.07, 6.45) is -5.29. The summed E-state index contributed by atoms with van der Waals surface area (Å²) in [5.41, 5.74) is 0.476. The van der Waals surface area contributed by atoms with Crippen LogP contribution in [0.15, 0.2) is 12.1 Å². The Morgan fingerprint density at radius 2 is 1.82 bits per heavy atom. The Balaban J connectivity index is 3.00. The van der Waals surface area contributed by atoms with E-state index in [1.54, 1.807) is 5.32 Å². The van der Waals surface area contributed by atoms with Crippen LogP contribution in [0.1, 0.15) is 5.56 Å². The number of carbonyl (C=O) groups excluding carboxylic acids is 2. The average molecular weight is 543 g/mol. The van der Waals surface area contributed by atoms with Crippen molar-refractivity contribution in [2.24, 2.45) is 0 Å². The standard InChI is InChI=1S/C12H10F3I2NO4/c1-22-10(20)8(18-11(21)12(13,14)15)4-5-2-6(16)9(19)7(17)3-5/h2-3,8,19H,4H2,1H3,(H,18,21)/t8-/m0/s1. The second-order valence-electron chi connectivity index (χ2n) is 4.16. The van der Waals surface area contributed by atoms with Crippen LogP contribution in [0.4, 0.5) is 13.2 Å². The number of nitrogens with one attached hydrogen (secondary N) is 1. The average Bonchev–Trinajstić information content (AvgIpc) is 2.41. The first kappa shape index (κ1) is 19.3. The van der Waals surface area contributed by atoms with Crippen molar-refractivity contribution in [3.8, 4) is 5.75 Å². The molecule has 1 rings (SSSR count). The number of phenols is 1. The molecule has 5 nitrogen and oxygen atoms in total. The van der Waals surface area contributed by atoms with E-state index in [0.29, 0.717) is 12.7 Å². The summed E-state index contributed by atoms with van der Waals surface area (Å²) in [5.74, 6) is -3.17. The highest BCUT2D eigenvalue weighted by Gasteiger charge is 2.41. The molecule has 0 saturated carbocycles. The number of hydrogen-bond donors (Lipinski definition) is 2. The lowest BCUT2D eigenvalue weighted by molar-refractivity contribution is -0.175. The van der Waals surface area contributed by atoms with Crippen LogP contribution >= 0.6 is 45.2 Å². The number of benzene rings is 1.